The van der Waals surface area contributed by atoms with Crippen molar-refractivity contribution in [2.45, 2.75) is 24.5 Å². The molecule has 1 aliphatic heterocycles. The Bertz CT molecular complexity index is 919. The zero-order valence-corrected chi connectivity index (χ0v) is 12.7. The summed E-state index contributed by atoms with van der Waals surface area (Å²) >= 11 is 0. The topological polar surface area (TPSA) is 200 Å². The summed E-state index contributed by atoms with van der Waals surface area (Å²) < 4.78 is 21.4. The summed E-state index contributed by atoms with van der Waals surface area (Å²) in [5.41, 5.74) is -1.71. The number of ether oxygens (including phenoxy) is 1. The molecule has 2 aromatic rings. The van der Waals surface area contributed by atoms with E-state index in [-0.39, 0.29) is 40.7 Å². The number of fused-ring (bicyclic) bond motifs is 1. The van der Waals surface area contributed by atoms with Crippen LogP contribution in [-0.4, -0.2) is 94.0 Å². The average molecular weight is 388 g/mol. The van der Waals surface area contributed by atoms with Gasteiger partial charge in [-0.05, 0) is 0 Å². The molecular weight excluding hydrogens is 374 g/mol. The van der Waals surface area contributed by atoms with Gasteiger partial charge in [0.25, 0.3) is 5.56 Å². The van der Waals surface area contributed by atoms with Crippen LogP contribution in [0.3, 0.4) is 0 Å². The summed E-state index contributed by atoms with van der Waals surface area (Å²) in [6.45, 7) is -0.678. The van der Waals surface area contributed by atoms with Gasteiger partial charge < -0.3 is 24.7 Å². The number of imidazole rings is 1. The van der Waals surface area contributed by atoms with Crippen molar-refractivity contribution < 1.29 is 33.8 Å². The number of aromatic nitrogens is 4. The van der Waals surface area contributed by atoms with Crippen molar-refractivity contribution in [3.8, 4) is 0 Å². The van der Waals surface area contributed by atoms with Crippen LogP contribution in [0, 0.1) is 0 Å². The van der Waals surface area contributed by atoms with Gasteiger partial charge in [0.05, 0.1) is 12.9 Å². The van der Waals surface area contributed by atoms with E-state index in [9.17, 15) is 24.4 Å². The SMILES string of the molecule is O=c1[nH]c(=O)c2ncn([C@@H]3O[C@H](COP(=O)(O)O)[C@@H](O)[C@H]3O)c2[nH]1.[NaH]. The van der Waals surface area contributed by atoms with Crippen molar-refractivity contribution in [3.63, 3.8) is 0 Å². The Morgan fingerprint density at radius 1 is 1.28 bits per heavy atom. The number of aliphatic hydroxyl groups excluding tert-OH is 2. The molecule has 0 saturated carbocycles. The van der Waals surface area contributed by atoms with Crippen LogP contribution in [-0.2, 0) is 13.8 Å². The van der Waals surface area contributed by atoms with Crippen LogP contribution in [0.25, 0.3) is 11.2 Å². The van der Waals surface area contributed by atoms with Crippen LogP contribution in [0.5, 0.6) is 0 Å². The molecule has 0 radical (unpaired) electrons. The Balaban J connectivity index is 0.00000225. The Hall–Kier alpha value is -0.860. The van der Waals surface area contributed by atoms with E-state index in [1.165, 1.54) is 0 Å². The van der Waals surface area contributed by atoms with Crippen molar-refractivity contribution in [1.82, 2.24) is 19.5 Å². The molecule has 0 unspecified atom stereocenters. The predicted molar refractivity (Wildman–Crippen MR) is 82.0 cm³/mol. The second kappa shape index (κ2) is 7.40. The van der Waals surface area contributed by atoms with Crippen molar-refractivity contribution in [1.29, 1.82) is 0 Å². The molecule has 2 aromatic heterocycles. The van der Waals surface area contributed by atoms with Gasteiger partial charge in [0.1, 0.15) is 24.0 Å². The second-order valence-corrected chi connectivity index (χ2v) is 6.33. The molecule has 15 heteroatoms. The summed E-state index contributed by atoms with van der Waals surface area (Å²) in [6.07, 6.45) is -4.43. The number of phosphoric ester groups is 1. The molecule has 4 atom stereocenters. The van der Waals surface area contributed by atoms with Gasteiger partial charge >= 0.3 is 43.1 Å². The van der Waals surface area contributed by atoms with Crippen LogP contribution in [0.15, 0.2) is 15.9 Å². The Morgan fingerprint density at radius 3 is 2.60 bits per heavy atom. The minimum atomic E-state index is -4.78. The molecular formula is C10H14N4NaO9P. The first kappa shape index (κ1) is 20.5. The van der Waals surface area contributed by atoms with Crippen LogP contribution in [0.2, 0.25) is 0 Å². The zero-order valence-electron chi connectivity index (χ0n) is 11.8. The maximum absolute atomic E-state index is 11.6. The van der Waals surface area contributed by atoms with E-state index in [2.05, 4.69) is 14.5 Å². The van der Waals surface area contributed by atoms with Gasteiger partial charge in [0, 0.05) is 0 Å². The summed E-state index contributed by atoms with van der Waals surface area (Å²) in [5, 5.41) is 20.0. The van der Waals surface area contributed by atoms with Crippen LogP contribution in [0.4, 0.5) is 0 Å². The van der Waals surface area contributed by atoms with E-state index >= 15 is 0 Å². The van der Waals surface area contributed by atoms with Gasteiger partial charge in [0.15, 0.2) is 11.7 Å². The number of aromatic amines is 2. The molecule has 13 nitrogen and oxygen atoms in total. The third kappa shape index (κ3) is 4.11. The first-order chi connectivity index (χ1) is 11.2. The Kier molecular flexibility index (Phi) is 6.06. The van der Waals surface area contributed by atoms with Crippen molar-refractivity contribution in [2.24, 2.45) is 0 Å². The van der Waals surface area contributed by atoms with E-state index in [0.717, 1.165) is 10.9 Å². The molecule has 0 bridgehead atoms. The van der Waals surface area contributed by atoms with Gasteiger partial charge in [-0.1, -0.05) is 0 Å². The molecule has 0 aromatic carbocycles. The van der Waals surface area contributed by atoms with Crippen LogP contribution < -0.4 is 11.2 Å². The molecule has 3 rings (SSSR count). The monoisotopic (exact) mass is 388 g/mol. The molecule has 134 valence electrons. The quantitative estimate of drug-likeness (QED) is 0.225. The first-order valence-corrected chi connectivity index (χ1v) is 8.11. The maximum atomic E-state index is 11.6. The number of nitrogens with zero attached hydrogens (tertiary/aromatic N) is 2. The number of rotatable bonds is 4. The molecule has 6 N–H and O–H groups in total. The Morgan fingerprint density at radius 2 is 1.96 bits per heavy atom. The normalized spacial score (nSPS) is 26.7. The molecule has 25 heavy (non-hydrogen) atoms. The second-order valence-electron chi connectivity index (χ2n) is 5.09. The predicted octanol–water partition coefficient (Wildman–Crippen LogP) is -3.51. The third-order valence-electron chi connectivity index (χ3n) is 3.49. The fourth-order valence-electron chi connectivity index (χ4n) is 2.41. The number of hydrogen-bond donors (Lipinski definition) is 6. The molecule has 1 fully saturated rings. The number of aliphatic hydroxyl groups is 2. The standard InChI is InChI=1S/C10H13N4O9P.Na.H/c15-5-3(1-22-24(19,20)21)23-9(6(5)16)14-2-11-4-7(14)12-10(18)13-8(4)17;;/h2-3,5-6,9,15-16H,1H2,(H2,19,20,21)(H2,12,13,17,18);;/t3-,5-,6-,9-;;/m1../s1. The van der Waals surface area contributed by atoms with E-state index in [1.807, 2.05) is 4.98 Å². The molecule has 0 amide bonds. The van der Waals surface area contributed by atoms with Gasteiger partial charge in [-0.3, -0.25) is 23.9 Å². The van der Waals surface area contributed by atoms with Gasteiger partial charge in [-0.25, -0.2) is 14.3 Å². The number of phosphoric acid groups is 1. The summed E-state index contributed by atoms with van der Waals surface area (Å²) in [6, 6.07) is 0. The summed E-state index contributed by atoms with van der Waals surface area (Å²) in [5.74, 6) is 0. The van der Waals surface area contributed by atoms with E-state index in [1.54, 1.807) is 0 Å². The van der Waals surface area contributed by atoms with E-state index in [4.69, 9.17) is 14.5 Å². The molecule has 0 spiro atoms. The van der Waals surface area contributed by atoms with E-state index < -0.39 is 50.2 Å². The minimum absolute atomic E-state index is 0. The fourth-order valence-corrected chi connectivity index (χ4v) is 2.75. The number of H-pyrrole nitrogens is 2. The van der Waals surface area contributed by atoms with E-state index in [0.29, 0.717) is 0 Å². The number of nitrogens with one attached hydrogen (secondary N) is 2. The fraction of sp³-hybridized carbons (Fsp3) is 0.500. The molecule has 1 saturated heterocycles. The van der Waals surface area contributed by atoms with Crippen molar-refractivity contribution in [2.75, 3.05) is 6.61 Å². The van der Waals surface area contributed by atoms with Gasteiger partial charge in [-0.15, -0.1) is 0 Å². The third-order valence-corrected chi connectivity index (χ3v) is 3.97. The van der Waals surface area contributed by atoms with Crippen molar-refractivity contribution in [3.05, 3.63) is 27.2 Å². The first-order valence-electron chi connectivity index (χ1n) is 6.58. The van der Waals surface area contributed by atoms with Gasteiger partial charge in [0.2, 0.25) is 0 Å². The van der Waals surface area contributed by atoms with Gasteiger partial charge in [-0.2, -0.15) is 0 Å². The number of hydrogen-bond acceptors (Lipinski definition) is 8. The Labute approximate surface area is 160 Å². The zero-order chi connectivity index (χ0) is 17.6. The summed E-state index contributed by atoms with van der Waals surface area (Å²) in [7, 11) is -4.78. The van der Waals surface area contributed by atoms with Crippen LogP contribution in [0.1, 0.15) is 6.23 Å². The van der Waals surface area contributed by atoms with Crippen LogP contribution >= 0.6 is 7.82 Å². The average Bonchev–Trinajstić information content (AvgIpc) is 3.00. The molecule has 1 aliphatic rings. The summed E-state index contributed by atoms with van der Waals surface area (Å²) in [4.78, 5) is 48.5. The molecule has 0 aliphatic carbocycles. The molecule has 3 heterocycles. The van der Waals surface area contributed by atoms with Crippen molar-refractivity contribution >= 4 is 48.5 Å².